The molecular weight excluding hydrogens is 532 g/mol. The molecule has 0 aromatic heterocycles. The van der Waals surface area contributed by atoms with Crippen molar-refractivity contribution in [1.29, 1.82) is 0 Å². The van der Waals surface area contributed by atoms with Crippen molar-refractivity contribution in [3.05, 3.63) is 0 Å². The number of carbonyl (C=O) groups is 6. The summed E-state index contributed by atoms with van der Waals surface area (Å²) >= 11 is 0. The Hall–Kier alpha value is -2.98. The van der Waals surface area contributed by atoms with Gasteiger partial charge in [0.1, 0.15) is 12.3 Å². The summed E-state index contributed by atoms with van der Waals surface area (Å²) in [6.45, 7) is 0. The first-order chi connectivity index (χ1) is 19.6. The predicted octanol–water partition coefficient (Wildman–Crippen LogP) is 4.99. The number of hydrogen-bond donors (Lipinski definition) is 5. The molecule has 0 bridgehead atoms. The summed E-state index contributed by atoms with van der Waals surface area (Å²) in [4.78, 5) is 67.7. The minimum absolute atomic E-state index is 0.0501. The topological polar surface area (TPSA) is 187 Å². The van der Waals surface area contributed by atoms with Crippen molar-refractivity contribution in [2.75, 3.05) is 0 Å². The van der Waals surface area contributed by atoms with E-state index in [0.717, 1.165) is 38.5 Å². The highest BCUT2D eigenvalue weighted by Gasteiger charge is 2.22. The average molecular weight is 585 g/mol. The number of carbonyl (C=O) groups excluding carboxylic acids is 3. The summed E-state index contributed by atoms with van der Waals surface area (Å²) < 4.78 is 0. The van der Waals surface area contributed by atoms with Gasteiger partial charge in [0.25, 0.3) is 0 Å². The van der Waals surface area contributed by atoms with Crippen LogP contribution in [-0.2, 0) is 28.8 Å². The number of amides is 2. The fourth-order valence-electron chi connectivity index (χ4n) is 4.57. The largest absolute Gasteiger partial charge is 0.481 e. The fourth-order valence-corrected chi connectivity index (χ4v) is 4.57. The fraction of sp³-hybridized carbons (Fsp3) is 0.800. The van der Waals surface area contributed by atoms with Crippen LogP contribution in [0.15, 0.2) is 0 Å². The van der Waals surface area contributed by atoms with Crippen LogP contribution in [0, 0.1) is 0 Å². The van der Waals surface area contributed by atoms with E-state index in [1.165, 1.54) is 57.8 Å². The van der Waals surface area contributed by atoms with Crippen molar-refractivity contribution in [2.24, 2.45) is 0 Å². The first-order valence-electron chi connectivity index (χ1n) is 15.4. The molecule has 0 rings (SSSR count). The van der Waals surface area contributed by atoms with Crippen LogP contribution in [0.4, 0.5) is 0 Å². The Morgan fingerprint density at radius 2 is 0.878 bits per heavy atom. The van der Waals surface area contributed by atoms with Crippen molar-refractivity contribution >= 4 is 36.0 Å². The third-order valence-electron chi connectivity index (χ3n) is 7.02. The van der Waals surface area contributed by atoms with Crippen molar-refractivity contribution in [1.82, 2.24) is 10.6 Å². The Kier molecular flexibility index (Phi) is 24.1. The minimum Gasteiger partial charge on any atom is -0.481 e. The monoisotopic (exact) mass is 584 g/mol. The lowest BCUT2D eigenvalue weighted by Gasteiger charge is -2.16. The number of aldehydes is 1. The number of nitrogens with one attached hydrogen (secondary N) is 2. The van der Waals surface area contributed by atoms with E-state index in [2.05, 4.69) is 10.6 Å². The van der Waals surface area contributed by atoms with Gasteiger partial charge in [-0.25, -0.2) is 4.79 Å². The number of carboxylic acid groups (broad SMARTS) is 3. The van der Waals surface area contributed by atoms with E-state index in [0.29, 0.717) is 12.7 Å². The molecule has 0 aliphatic heterocycles. The van der Waals surface area contributed by atoms with E-state index in [4.69, 9.17) is 10.2 Å². The van der Waals surface area contributed by atoms with Gasteiger partial charge in [-0.2, -0.15) is 0 Å². The van der Waals surface area contributed by atoms with Gasteiger partial charge in [0, 0.05) is 25.7 Å². The van der Waals surface area contributed by atoms with Crippen molar-refractivity contribution in [3.63, 3.8) is 0 Å². The Morgan fingerprint density at radius 3 is 1.27 bits per heavy atom. The van der Waals surface area contributed by atoms with Crippen molar-refractivity contribution in [3.8, 4) is 0 Å². The molecule has 2 atom stereocenters. The van der Waals surface area contributed by atoms with E-state index in [9.17, 15) is 33.9 Å². The van der Waals surface area contributed by atoms with Gasteiger partial charge in [-0.15, -0.1) is 0 Å². The molecule has 0 radical (unpaired) electrons. The molecule has 0 aromatic carbocycles. The summed E-state index contributed by atoms with van der Waals surface area (Å²) in [5.41, 5.74) is 0. The highest BCUT2D eigenvalue weighted by Crippen LogP contribution is 2.14. The van der Waals surface area contributed by atoms with Crippen LogP contribution in [0.1, 0.15) is 141 Å². The quantitative estimate of drug-likeness (QED) is 0.0596. The van der Waals surface area contributed by atoms with E-state index >= 15 is 0 Å². The lowest BCUT2D eigenvalue weighted by molar-refractivity contribution is -0.142. The van der Waals surface area contributed by atoms with Gasteiger partial charge in [-0.3, -0.25) is 19.2 Å². The third kappa shape index (κ3) is 25.7. The molecule has 0 heterocycles. The molecule has 11 heteroatoms. The van der Waals surface area contributed by atoms with Crippen LogP contribution in [0.2, 0.25) is 0 Å². The molecular formula is C30H52N2O9. The molecule has 0 aromatic rings. The second-order valence-corrected chi connectivity index (χ2v) is 10.8. The standard InChI is InChI=1S/C30H52N2O9/c33-23-24(19-22-29(38)39)31-27(35)21-20-25(30(40)41)32-26(34)17-15-13-11-9-7-5-3-1-2-4-6-8-10-12-14-16-18-28(36)37/h23-25H,1-22H2,(H,31,35)(H,32,34)(H,36,37)(H,38,39)(H,40,41)/t24-,25-/m0/s1. The Balaban J connectivity index is 3.73. The summed E-state index contributed by atoms with van der Waals surface area (Å²) in [5, 5.41) is 31.5. The lowest BCUT2D eigenvalue weighted by atomic mass is 10.0. The van der Waals surface area contributed by atoms with Gasteiger partial charge < -0.3 is 30.7 Å². The molecule has 236 valence electrons. The van der Waals surface area contributed by atoms with E-state index in [1.807, 2.05) is 0 Å². The Labute approximate surface area is 244 Å². The molecule has 0 spiro atoms. The molecule has 5 N–H and O–H groups in total. The molecule has 0 unspecified atom stereocenters. The second kappa shape index (κ2) is 26.0. The number of aliphatic carboxylic acids is 3. The zero-order chi connectivity index (χ0) is 30.7. The molecule has 0 aliphatic rings. The van der Waals surface area contributed by atoms with E-state index in [1.54, 1.807) is 0 Å². The number of hydrogen-bond acceptors (Lipinski definition) is 6. The van der Waals surface area contributed by atoms with Gasteiger partial charge >= 0.3 is 17.9 Å². The van der Waals surface area contributed by atoms with Crippen LogP contribution in [0.3, 0.4) is 0 Å². The molecule has 2 amide bonds. The summed E-state index contributed by atoms with van der Waals surface area (Å²) in [6.07, 6.45) is 18.0. The summed E-state index contributed by atoms with van der Waals surface area (Å²) in [7, 11) is 0. The molecule has 0 fully saturated rings. The normalized spacial score (nSPS) is 12.3. The van der Waals surface area contributed by atoms with Gasteiger partial charge in [0.05, 0.1) is 6.04 Å². The van der Waals surface area contributed by atoms with Crippen molar-refractivity contribution < 1.29 is 44.1 Å². The zero-order valence-electron chi connectivity index (χ0n) is 24.6. The maximum absolute atomic E-state index is 12.2. The smallest absolute Gasteiger partial charge is 0.326 e. The first-order valence-corrected chi connectivity index (χ1v) is 15.4. The average Bonchev–Trinajstić information content (AvgIpc) is 2.92. The minimum atomic E-state index is -1.24. The van der Waals surface area contributed by atoms with Gasteiger partial charge in [-0.1, -0.05) is 89.9 Å². The van der Waals surface area contributed by atoms with Crippen LogP contribution in [0.5, 0.6) is 0 Å². The molecule has 0 aliphatic carbocycles. The lowest BCUT2D eigenvalue weighted by Crippen LogP contribution is -2.42. The number of rotatable bonds is 29. The van der Waals surface area contributed by atoms with Gasteiger partial charge in [0.15, 0.2) is 0 Å². The predicted molar refractivity (Wildman–Crippen MR) is 154 cm³/mol. The number of unbranched alkanes of at least 4 members (excludes halogenated alkanes) is 15. The maximum Gasteiger partial charge on any atom is 0.326 e. The van der Waals surface area contributed by atoms with Gasteiger partial charge in [0.2, 0.25) is 11.8 Å². The van der Waals surface area contributed by atoms with Crippen LogP contribution < -0.4 is 10.6 Å². The Morgan fingerprint density at radius 1 is 0.488 bits per heavy atom. The Bertz CT molecular complexity index is 773. The van der Waals surface area contributed by atoms with Crippen molar-refractivity contribution in [2.45, 2.75) is 153 Å². The SMILES string of the molecule is O=C[C@H](CCC(=O)O)NC(=O)CC[C@H](NC(=O)CCCCCCCCCCCCCCCCCCC(=O)O)C(=O)O. The van der Waals surface area contributed by atoms with E-state index < -0.39 is 35.9 Å². The highest BCUT2D eigenvalue weighted by molar-refractivity contribution is 5.85. The third-order valence-corrected chi connectivity index (χ3v) is 7.02. The maximum atomic E-state index is 12.2. The highest BCUT2D eigenvalue weighted by atomic mass is 16.4. The first kappa shape index (κ1) is 38.0. The molecule has 0 saturated heterocycles. The van der Waals surface area contributed by atoms with Crippen LogP contribution in [0.25, 0.3) is 0 Å². The summed E-state index contributed by atoms with van der Waals surface area (Å²) in [6, 6.07) is -2.16. The summed E-state index contributed by atoms with van der Waals surface area (Å²) in [5.74, 6) is -3.99. The van der Waals surface area contributed by atoms with E-state index in [-0.39, 0.29) is 44.4 Å². The number of carboxylic acids is 3. The molecule has 41 heavy (non-hydrogen) atoms. The molecule has 0 saturated carbocycles. The zero-order valence-corrected chi connectivity index (χ0v) is 24.6. The van der Waals surface area contributed by atoms with Crippen LogP contribution >= 0.6 is 0 Å². The van der Waals surface area contributed by atoms with Crippen LogP contribution in [-0.4, -0.2) is 63.4 Å². The van der Waals surface area contributed by atoms with Gasteiger partial charge in [-0.05, 0) is 25.7 Å². The second-order valence-electron chi connectivity index (χ2n) is 10.8. The molecule has 11 nitrogen and oxygen atoms in total.